The van der Waals surface area contributed by atoms with Crippen LogP contribution in [-0.4, -0.2) is 35.3 Å². The van der Waals surface area contributed by atoms with Crippen molar-refractivity contribution in [1.82, 2.24) is 9.97 Å². The third-order valence-electron chi connectivity index (χ3n) is 4.14. The van der Waals surface area contributed by atoms with Gasteiger partial charge in [-0.2, -0.15) is 0 Å². The summed E-state index contributed by atoms with van der Waals surface area (Å²) in [5.41, 5.74) is 1.92. The number of nitrogens with zero attached hydrogens (tertiary/aromatic N) is 3. The van der Waals surface area contributed by atoms with E-state index in [9.17, 15) is 4.39 Å². The Balaban J connectivity index is 1.76. The first-order valence-corrected chi connectivity index (χ1v) is 8.82. The molecule has 1 aliphatic rings. The molecule has 0 bridgehead atoms. The van der Waals surface area contributed by atoms with Crippen molar-refractivity contribution in [3.63, 3.8) is 0 Å². The predicted octanol–water partition coefficient (Wildman–Crippen LogP) is 4.11. The molecular formula is C18H18FN3OS. The second-order valence-corrected chi connectivity index (χ2v) is 7.24. The summed E-state index contributed by atoms with van der Waals surface area (Å²) in [5.74, 6) is 0.733. The third kappa shape index (κ3) is 2.87. The fourth-order valence-corrected chi connectivity index (χ4v) is 4.31. The molecule has 0 spiro atoms. The highest BCUT2D eigenvalue weighted by atomic mass is 32.1. The molecule has 0 radical (unpaired) electrons. The molecule has 0 saturated carbocycles. The molecule has 124 valence electrons. The standard InChI is InChI=1S/C18H18FN3OS/c1-11-8-22(9-12(2)23-11)18-17-15(20-10-21-18)7-16(24-17)13-3-5-14(19)6-4-13/h3-7,10-12H,8-9H2,1-2H3. The Labute approximate surface area is 143 Å². The maximum atomic E-state index is 13.1. The topological polar surface area (TPSA) is 38.2 Å². The van der Waals surface area contributed by atoms with Gasteiger partial charge in [0.05, 0.1) is 22.4 Å². The minimum Gasteiger partial charge on any atom is -0.372 e. The average molecular weight is 343 g/mol. The summed E-state index contributed by atoms with van der Waals surface area (Å²) in [7, 11) is 0. The molecule has 6 heteroatoms. The van der Waals surface area contributed by atoms with Crippen LogP contribution in [0.2, 0.25) is 0 Å². The lowest BCUT2D eigenvalue weighted by atomic mass is 10.2. The Kier molecular flexibility index (Phi) is 3.94. The number of aromatic nitrogens is 2. The van der Waals surface area contributed by atoms with Crippen molar-refractivity contribution < 1.29 is 9.13 Å². The largest absolute Gasteiger partial charge is 0.372 e. The quantitative estimate of drug-likeness (QED) is 0.702. The summed E-state index contributed by atoms with van der Waals surface area (Å²) in [6.45, 7) is 5.80. The van der Waals surface area contributed by atoms with Gasteiger partial charge in [-0.15, -0.1) is 11.3 Å². The normalized spacial score (nSPS) is 21.4. The van der Waals surface area contributed by atoms with E-state index in [0.29, 0.717) is 0 Å². The van der Waals surface area contributed by atoms with Crippen LogP contribution in [0.3, 0.4) is 0 Å². The van der Waals surface area contributed by atoms with Crippen LogP contribution in [0.4, 0.5) is 10.2 Å². The number of ether oxygens (including phenoxy) is 1. The molecular weight excluding hydrogens is 325 g/mol. The maximum absolute atomic E-state index is 13.1. The van der Waals surface area contributed by atoms with Crippen molar-refractivity contribution in [2.24, 2.45) is 0 Å². The lowest BCUT2D eigenvalue weighted by Gasteiger charge is -2.36. The van der Waals surface area contributed by atoms with Crippen molar-refractivity contribution in [2.75, 3.05) is 18.0 Å². The second-order valence-electron chi connectivity index (χ2n) is 6.19. The number of anilines is 1. The van der Waals surface area contributed by atoms with Gasteiger partial charge in [0.2, 0.25) is 0 Å². The van der Waals surface area contributed by atoms with Crippen LogP contribution in [0.15, 0.2) is 36.7 Å². The summed E-state index contributed by atoms with van der Waals surface area (Å²) in [6.07, 6.45) is 1.97. The fourth-order valence-electron chi connectivity index (χ4n) is 3.17. The van der Waals surface area contributed by atoms with Crippen molar-refractivity contribution in [3.05, 3.63) is 42.5 Å². The summed E-state index contributed by atoms with van der Waals surface area (Å²) >= 11 is 1.65. The minimum absolute atomic E-state index is 0.176. The molecule has 0 N–H and O–H groups in total. The Morgan fingerprint density at radius 1 is 1.12 bits per heavy atom. The van der Waals surface area contributed by atoms with E-state index < -0.39 is 0 Å². The molecule has 2 unspecified atom stereocenters. The molecule has 3 aromatic rings. The Hall–Kier alpha value is -2.05. The third-order valence-corrected chi connectivity index (χ3v) is 5.31. The van der Waals surface area contributed by atoms with Crippen LogP contribution >= 0.6 is 11.3 Å². The lowest BCUT2D eigenvalue weighted by molar-refractivity contribution is -0.00536. The average Bonchev–Trinajstić information content (AvgIpc) is 2.98. The van der Waals surface area contributed by atoms with E-state index in [1.54, 1.807) is 29.8 Å². The van der Waals surface area contributed by atoms with Gasteiger partial charge in [0, 0.05) is 18.0 Å². The zero-order chi connectivity index (χ0) is 16.7. The Morgan fingerprint density at radius 2 is 1.83 bits per heavy atom. The maximum Gasteiger partial charge on any atom is 0.150 e. The smallest absolute Gasteiger partial charge is 0.150 e. The summed E-state index contributed by atoms with van der Waals surface area (Å²) in [5, 5.41) is 0. The van der Waals surface area contributed by atoms with Gasteiger partial charge in [0.15, 0.2) is 0 Å². The van der Waals surface area contributed by atoms with Gasteiger partial charge in [-0.1, -0.05) is 12.1 Å². The van der Waals surface area contributed by atoms with Crippen LogP contribution in [0, 0.1) is 5.82 Å². The minimum atomic E-state index is -0.225. The monoisotopic (exact) mass is 343 g/mol. The summed E-state index contributed by atoms with van der Waals surface area (Å²) in [4.78, 5) is 12.3. The van der Waals surface area contributed by atoms with Crippen molar-refractivity contribution in [3.8, 4) is 10.4 Å². The number of halogens is 1. The van der Waals surface area contributed by atoms with Gasteiger partial charge in [-0.05, 0) is 37.6 Å². The van der Waals surface area contributed by atoms with E-state index >= 15 is 0 Å². The number of hydrogen-bond donors (Lipinski definition) is 0. The van der Waals surface area contributed by atoms with Crippen LogP contribution < -0.4 is 4.90 Å². The summed E-state index contributed by atoms with van der Waals surface area (Å²) in [6, 6.07) is 8.61. The van der Waals surface area contributed by atoms with E-state index in [2.05, 4.69) is 28.7 Å². The molecule has 1 aromatic carbocycles. The predicted molar refractivity (Wildman–Crippen MR) is 95.0 cm³/mol. The number of benzene rings is 1. The molecule has 0 aliphatic carbocycles. The molecule has 2 atom stereocenters. The molecule has 4 nitrogen and oxygen atoms in total. The Bertz CT molecular complexity index is 854. The molecule has 1 aliphatic heterocycles. The SMILES string of the molecule is CC1CN(c2ncnc3cc(-c4ccc(F)cc4)sc23)CC(C)O1. The van der Waals surface area contributed by atoms with Gasteiger partial charge in [-0.25, -0.2) is 14.4 Å². The molecule has 0 amide bonds. The van der Waals surface area contributed by atoms with E-state index in [4.69, 9.17) is 4.74 Å². The van der Waals surface area contributed by atoms with Gasteiger partial charge in [-0.3, -0.25) is 0 Å². The lowest BCUT2D eigenvalue weighted by Crippen LogP contribution is -2.45. The van der Waals surface area contributed by atoms with Gasteiger partial charge >= 0.3 is 0 Å². The number of fused-ring (bicyclic) bond motifs is 1. The molecule has 24 heavy (non-hydrogen) atoms. The molecule has 2 aromatic heterocycles. The van der Waals surface area contributed by atoms with Crippen molar-refractivity contribution >= 4 is 27.4 Å². The van der Waals surface area contributed by atoms with Gasteiger partial charge in [0.1, 0.15) is 18.0 Å². The second kappa shape index (κ2) is 6.11. The number of hydrogen-bond acceptors (Lipinski definition) is 5. The first kappa shape index (κ1) is 15.5. The van der Waals surface area contributed by atoms with Crippen LogP contribution in [0.1, 0.15) is 13.8 Å². The van der Waals surface area contributed by atoms with Crippen LogP contribution in [-0.2, 0) is 4.74 Å². The number of morpholine rings is 1. The van der Waals surface area contributed by atoms with Gasteiger partial charge in [0.25, 0.3) is 0 Å². The van der Waals surface area contributed by atoms with Crippen molar-refractivity contribution in [2.45, 2.75) is 26.1 Å². The first-order chi connectivity index (χ1) is 11.6. The fraction of sp³-hybridized carbons (Fsp3) is 0.333. The molecule has 4 rings (SSSR count). The molecule has 1 fully saturated rings. The van der Waals surface area contributed by atoms with E-state index in [-0.39, 0.29) is 18.0 Å². The zero-order valence-corrected chi connectivity index (χ0v) is 14.4. The van der Waals surface area contributed by atoms with E-state index in [0.717, 1.165) is 39.6 Å². The number of rotatable bonds is 2. The number of thiophene rings is 1. The highest BCUT2D eigenvalue weighted by molar-refractivity contribution is 7.22. The van der Waals surface area contributed by atoms with Crippen LogP contribution in [0.5, 0.6) is 0 Å². The highest BCUT2D eigenvalue weighted by Gasteiger charge is 2.25. The molecule has 1 saturated heterocycles. The Morgan fingerprint density at radius 3 is 2.54 bits per heavy atom. The van der Waals surface area contributed by atoms with Crippen molar-refractivity contribution in [1.29, 1.82) is 0 Å². The first-order valence-electron chi connectivity index (χ1n) is 8.01. The zero-order valence-electron chi connectivity index (χ0n) is 13.6. The highest BCUT2D eigenvalue weighted by Crippen LogP contribution is 2.37. The summed E-state index contributed by atoms with van der Waals surface area (Å²) < 4.78 is 20.0. The van der Waals surface area contributed by atoms with Crippen LogP contribution in [0.25, 0.3) is 20.7 Å². The molecule has 3 heterocycles. The van der Waals surface area contributed by atoms with Gasteiger partial charge < -0.3 is 9.64 Å². The van der Waals surface area contributed by atoms with E-state index in [1.165, 1.54) is 12.1 Å². The van der Waals surface area contributed by atoms with E-state index in [1.807, 2.05) is 6.07 Å².